The van der Waals surface area contributed by atoms with Gasteiger partial charge in [-0.1, -0.05) is 108 Å². The fourth-order valence-corrected chi connectivity index (χ4v) is 9.14. The lowest BCUT2D eigenvalue weighted by Crippen LogP contribution is -2.53. The van der Waals surface area contributed by atoms with Crippen molar-refractivity contribution in [2.75, 3.05) is 23.5 Å². The van der Waals surface area contributed by atoms with Gasteiger partial charge in [0.25, 0.3) is 0 Å². The molecule has 214 valence electrons. The summed E-state index contributed by atoms with van der Waals surface area (Å²) in [4.78, 5) is 9.65. The van der Waals surface area contributed by atoms with Crippen LogP contribution in [0.25, 0.3) is 38.8 Å². The van der Waals surface area contributed by atoms with Gasteiger partial charge >= 0.3 is 0 Å². The zero-order valence-corrected chi connectivity index (χ0v) is 26.3. The van der Waals surface area contributed by atoms with E-state index in [1.54, 1.807) is 0 Å². The Morgan fingerprint density at radius 2 is 1.32 bits per heavy atom. The summed E-state index contributed by atoms with van der Waals surface area (Å²) in [5.41, 5.74) is 8.53. The molecule has 1 aliphatic rings. The topological polar surface area (TPSA) is 24.3 Å². The fourth-order valence-electron chi connectivity index (χ4n) is 6.79. The van der Waals surface area contributed by atoms with E-state index in [9.17, 15) is 0 Å². The highest BCUT2D eigenvalue weighted by molar-refractivity contribution is 7.00. The van der Waals surface area contributed by atoms with Gasteiger partial charge in [0.2, 0.25) is 0 Å². The normalized spacial score (nSPS) is 13.2. The summed E-state index contributed by atoms with van der Waals surface area (Å²) in [6, 6.07) is 48.6. The molecule has 0 spiro atoms. The Labute approximate surface area is 259 Å². The van der Waals surface area contributed by atoms with Crippen LogP contribution in [0.4, 0.5) is 17.1 Å². The summed E-state index contributed by atoms with van der Waals surface area (Å²) in [5, 5.41) is 5.34. The van der Waals surface area contributed by atoms with Crippen molar-refractivity contribution in [3.05, 3.63) is 140 Å². The first kappa shape index (κ1) is 26.5. The van der Waals surface area contributed by atoms with Gasteiger partial charge in [0, 0.05) is 29.7 Å². The molecular formula is C39H34N4Si. The average Bonchev–Trinajstić information content (AvgIpc) is 3.59. The summed E-state index contributed by atoms with van der Waals surface area (Å²) in [7, 11) is 0.0927. The highest BCUT2D eigenvalue weighted by atomic mass is 28.3. The van der Waals surface area contributed by atoms with Gasteiger partial charge < -0.3 is 9.80 Å². The van der Waals surface area contributed by atoms with Gasteiger partial charge in [0.15, 0.2) is 0 Å². The molecule has 0 aliphatic carbocycles. The standard InChI is InChI=1S/C39H34N4Si/c1-41-27-42(37-19-10-9-18-36(37)41)30-14-11-15-31(25-30)44(2,3)32-20-21-34-33-16-7-8-17-35(33)43(38(34)26-32)39-24-29(22-23-40-39)28-12-5-4-6-13-28/h4-26H,27H2,1-3H3. The van der Waals surface area contributed by atoms with E-state index in [2.05, 4.69) is 168 Å². The van der Waals surface area contributed by atoms with E-state index in [4.69, 9.17) is 4.98 Å². The minimum Gasteiger partial charge on any atom is -0.355 e. The Balaban J connectivity index is 1.25. The second-order valence-electron chi connectivity index (χ2n) is 12.3. The number of hydrogen-bond donors (Lipinski definition) is 0. The Morgan fingerprint density at radius 3 is 2.18 bits per heavy atom. The number of nitrogens with zero attached hydrogens (tertiary/aromatic N) is 4. The molecule has 5 heteroatoms. The first-order valence-corrected chi connectivity index (χ1v) is 18.2. The summed E-state index contributed by atoms with van der Waals surface area (Å²) in [6.07, 6.45) is 1.93. The Kier molecular flexibility index (Phi) is 6.17. The van der Waals surface area contributed by atoms with Crippen LogP contribution in [0, 0.1) is 0 Å². The largest absolute Gasteiger partial charge is 0.355 e. The van der Waals surface area contributed by atoms with E-state index in [1.807, 2.05) is 6.20 Å². The second-order valence-corrected chi connectivity index (χ2v) is 16.7. The Morgan fingerprint density at radius 1 is 0.591 bits per heavy atom. The molecule has 8 rings (SSSR count). The fraction of sp³-hybridized carbons (Fsp3) is 0.103. The molecule has 0 atom stereocenters. The van der Waals surface area contributed by atoms with Crippen LogP contribution in [0.5, 0.6) is 0 Å². The van der Waals surface area contributed by atoms with Gasteiger partial charge in [0.1, 0.15) is 13.9 Å². The molecule has 7 aromatic rings. The molecule has 0 fully saturated rings. The number of pyridine rings is 1. The molecule has 4 nitrogen and oxygen atoms in total. The third-order valence-corrected chi connectivity index (χ3v) is 12.8. The molecule has 5 aromatic carbocycles. The van der Waals surface area contributed by atoms with Crippen LogP contribution in [0.1, 0.15) is 0 Å². The maximum Gasteiger partial charge on any atom is 0.138 e. The van der Waals surface area contributed by atoms with Gasteiger partial charge in [0.05, 0.1) is 29.1 Å². The van der Waals surface area contributed by atoms with E-state index in [1.165, 1.54) is 60.4 Å². The van der Waals surface area contributed by atoms with E-state index < -0.39 is 8.07 Å². The van der Waals surface area contributed by atoms with Gasteiger partial charge in [-0.05, 0) is 59.7 Å². The van der Waals surface area contributed by atoms with Crippen LogP contribution in [0.2, 0.25) is 13.1 Å². The lowest BCUT2D eigenvalue weighted by molar-refractivity contribution is 0.950. The van der Waals surface area contributed by atoms with Crippen molar-refractivity contribution in [2.45, 2.75) is 13.1 Å². The van der Waals surface area contributed by atoms with E-state index in [0.29, 0.717) is 0 Å². The van der Waals surface area contributed by atoms with Crippen molar-refractivity contribution in [1.82, 2.24) is 9.55 Å². The van der Waals surface area contributed by atoms with Crippen LogP contribution in [0.15, 0.2) is 140 Å². The molecule has 3 heterocycles. The molecule has 1 aliphatic heterocycles. The van der Waals surface area contributed by atoms with Gasteiger partial charge in [-0.25, -0.2) is 4.98 Å². The van der Waals surface area contributed by atoms with Gasteiger partial charge in [-0.3, -0.25) is 4.57 Å². The lowest BCUT2D eigenvalue weighted by Gasteiger charge is -2.27. The number of hydrogen-bond acceptors (Lipinski definition) is 3. The number of benzene rings is 5. The number of fused-ring (bicyclic) bond motifs is 4. The minimum absolute atomic E-state index is 0.853. The van der Waals surface area contributed by atoms with Crippen molar-refractivity contribution < 1.29 is 0 Å². The number of para-hydroxylation sites is 3. The summed E-state index contributed by atoms with van der Waals surface area (Å²) in [6.45, 7) is 5.79. The van der Waals surface area contributed by atoms with Crippen LogP contribution in [0.3, 0.4) is 0 Å². The van der Waals surface area contributed by atoms with E-state index >= 15 is 0 Å². The first-order valence-electron chi connectivity index (χ1n) is 15.2. The third-order valence-electron chi connectivity index (χ3n) is 9.29. The summed E-state index contributed by atoms with van der Waals surface area (Å²) in [5.74, 6) is 0.938. The van der Waals surface area contributed by atoms with Gasteiger partial charge in [-0.2, -0.15) is 0 Å². The highest BCUT2D eigenvalue weighted by Crippen LogP contribution is 2.39. The maximum absolute atomic E-state index is 4.90. The maximum atomic E-state index is 4.90. The average molecular weight is 587 g/mol. The minimum atomic E-state index is -2.07. The van der Waals surface area contributed by atoms with Crippen molar-refractivity contribution in [3.63, 3.8) is 0 Å². The summed E-state index contributed by atoms with van der Waals surface area (Å²) < 4.78 is 2.35. The molecule has 0 bridgehead atoms. The second kappa shape index (κ2) is 10.2. The number of aromatic nitrogens is 2. The van der Waals surface area contributed by atoms with Crippen molar-refractivity contribution in [1.29, 1.82) is 0 Å². The molecule has 0 saturated carbocycles. The van der Waals surface area contributed by atoms with Gasteiger partial charge in [-0.15, -0.1) is 0 Å². The molecule has 0 amide bonds. The number of anilines is 3. The van der Waals surface area contributed by atoms with Crippen molar-refractivity contribution in [3.8, 4) is 16.9 Å². The molecule has 2 aromatic heterocycles. The van der Waals surface area contributed by atoms with Crippen LogP contribution < -0.4 is 20.2 Å². The Bertz CT molecular complexity index is 2170. The molecule has 0 unspecified atom stereocenters. The zero-order valence-electron chi connectivity index (χ0n) is 25.3. The van der Waals surface area contributed by atoms with Crippen LogP contribution in [-0.2, 0) is 0 Å². The predicted octanol–water partition coefficient (Wildman–Crippen LogP) is 8.21. The van der Waals surface area contributed by atoms with Crippen LogP contribution >= 0.6 is 0 Å². The van der Waals surface area contributed by atoms with Crippen molar-refractivity contribution in [2.24, 2.45) is 0 Å². The SMILES string of the molecule is CN1CN(c2cccc([Si](C)(C)c3ccc4c5ccccc5n(-c5cc(-c6ccccc6)ccn5)c4c3)c2)c2ccccc21. The number of rotatable bonds is 5. The highest BCUT2D eigenvalue weighted by Gasteiger charge is 2.30. The lowest BCUT2D eigenvalue weighted by atomic mass is 10.1. The quantitative estimate of drug-likeness (QED) is 0.190. The molecule has 44 heavy (non-hydrogen) atoms. The monoisotopic (exact) mass is 586 g/mol. The van der Waals surface area contributed by atoms with E-state index in [0.717, 1.165) is 12.5 Å². The molecule has 0 saturated heterocycles. The smallest absolute Gasteiger partial charge is 0.138 e. The van der Waals surface area contributed by atoms with Crippen molar-refractivity contribution >= 4 is 57.3 Å². The predicted molar refractivity (Wildman–Crippen MR) is 189 cm³/mol. The molecular weight excluding hydrogens is 553 g/mol. The molecule has 0 N–H and O–H groups in total. The van der Waals surface area contributed by atoms with Crippen LogP contribution in [-0.4, -0.2) is 31.3 Å². The third kappa shape index (κ3) is 4.23. The summed E-state index contributed by atoms with van der Waals surface area (Å²) >= 11 is 0. The molecule has 0 radical (unpaired) electrons. The Hall–Kier alpha value is -5.13. The van der Waals surface area contributed by atoms with E-state index in [-0.39, 0.29) is 0 Å². The zero-order chi connectivity index (χ0) is 29.8. The first-order chi connectivity index (χ1) is 21.5.